The van der Waals surface area contributed by atoms with E-state index in [0.29, 0.717) is 43.8 Å². The molecule has 9 nitrogen and oxygen atoms in total. The molecule has 0 bridgehead atoms. The third kappa shape index (κ3) is 6.65. The second-order valence-corrected chi connectivity index (χ2v) is 9.24. The third-order valence-corrected chi connectivity index (χ3v) is 6.62. The molecule has 0 unspecified atom stereocenters. The highest BCUT2D eigenvalue weighted by Crippen LogP contribution is 2.30. The SMILES string of the molecule is COc1cc(F)cc(NC(=O)Nc2ccc3c(c2)CCN(C(=O)O[C@H]2CC[C@H](CC(=O)O)CC2)C3)c1. The minimum absolute atomic E-state index is 0.154. The summed E-state index contributed by atoms with van der Waals surface area (Å²) >= 11 is 0. The number of rotatable bonds is 6. The summed E-state index contributed by atoms with van der Waals surface area (Å²) < 4.78 is 24.4. The van der Waals surface area contributed by atoms with Crippen LogP contribution < -0.4 is 15.4 Å². The number of ether oxygens (including phenoxy) is 2. The molecular weight excluding hydrogens is 469 g/mol. The Morgan fingerprint density at radius 3 is 2.50 bits per heavy atom. The van der Waals surface area contributed by atoms with Crippen molar-refractivity contribution in [3.8, 4) is 5.75 Å². The summed E-state index contributed by atoms with van der Waals surface area (Å²) in [7, 11) is 1.42. The topological polar surface area (TPSA) is 117 Å². The van der Waals surface area contributed by atoms with E-state index < -0.39 is 17.8 Å². The van der Waals surface area contributed by atoms with E-state index >= 15 is 0 Å². The molecule has 1 saturated carbocycles. The fourth-order valence-corrected chi connectivity index (χ4v) is 4.75. The van der Waals surface area contributed by atoms with Crippen LogP contribution in [0.15, 0.2) is 36.4 Å². The van der Waals surface area contributed by atoms with Gasteiger partial charge in [0.1, 0.15) is 17.7 Å². The molecule has 0 atom stereocenters. The highest BCUT2D eigenvalue weighted by molar-refractivity contribution is 5.99. The Bertz CT molecular complexity index is 1130. The van der Waals surface area contributed by atoms with Crippen molar-refractivity contribution in [2.75, 3.05) is 24.3 Å². The molecule has 2 aromatic carbocycles. The molecule has 1 fully saturated rings. The molecule has 10 heteroatoms. The highest BCUT2D eigenvalue weighted by atomic mass is 19.1. The number of anilines is 2. The molecule has 0 spiro atoms. The van der Waals surface area contributed by atoms with E-state index in [9.17, 15) is 18.8 Å². The quantitative estimate of drug-likeness (QED) is 0.515. The molecule has 3 N–H and O–H groups in total. The lowest BCUT2D eigenvalue weighted by Gasteiger charge is -2.32. The minimum Gasteiger partial charge on any atom is -0.497 e. The number of carboxylic acids is 1. The first kappa shape index (κ1) is 25.3. The number of amides is 3. The number of hydrogen-bond acceptors (Lipinski definition) is 5. The molecule has 4 rings (SSSR count). The third-order valence-electron chi connectivity index (χ3n) is 6.62. The molecule has 0 radical (unpaired) electrons. The van der Waals surface area contributed by atoms with Crippen molar-refractivity contribution < 1.29 is 33.4 Å². The van der Waals surface area contributed by atoms with Gasteiger partial charge in [0.2, 0.25) is 0 Å². The highest BCUT2D eigenvalue weighted by Gasteiger charge is 2.28. The van der Waals surface area contributed by atoms with Crippen LogP contribution in [0.3, 0.4) is 0 Å². The molecule has 3 amide bonds. The number of nitrogens with zero attached hydrogens (tertiary/aromatic N) is 1. The number of hydrogen-bond donors (Lipinski definition) is 3. The van der Waals surface area contributed by atoms with Crippen molar-refractivity contribution in [2.45, 2.75) is 51.2 Å². The summed E-state index contributed by atoms with van der Waals surface area (Å²) in [5.74, 6) is -0.852. The fraction of sp³-hybridized carbons (Fsp3) is 0.423. The number of benzene rings is 2. The van der Waals surface area contributed by atoms with E-state index in [1.165, 1.54) is 25.3 Å². The van der Waals surface area contributed by atoms with Crippen LogP contribution in [-0.4, -0.2) is 47.9 Å². The number of fused-ring (bicyclic) bond motifs is 1. The van der Waals surface area contributed by atoms with E-state index in [0.717, 1.165) is 24.0 Å². The maximum absolute atomic E-state index is 13.6. The van der Waals surface area contributed by atoms with Crippen LogP contribution in [0.5, 0.6) is 5.75 Å². The molecule has 1 aliphatic heterocycles. The monoisotopic (exact) mass is 499 g/mol. The Kier molecular flexibility index (Phi) is 7.92. The number of carbonyl (C=O) groups excluding carboxylic acids is 2. The first-order valence-corrected chi connectivity index (χ1v) is 12.0. The van der Waals surface area contributed by atoms with Gasteiger partial charge in [0.05, 0.1) is 7.11 Å². The van der Waals surface area contributed by atoms with Crippen LogP contribution in [0, 0.1) is 11.7 Å². The minimum atomic E-state index is -0.784. The molecule has 1 heterocycles. The van der Waals surface area contributed by atoms with E-state index in [4.69, 9.17) is 14.6 Å². The Balaban J connectivity index is 1.28. The van der Waals surface area contributed by atoms with Crippen molar-refractivity contribution >= 4 is 29.5 Å². The van der Waals surface area contributed by atoms with E-state index in [-0.39, 0.29) is 30.2 Å². The second-order valence-electron chi connectivity index (χ2n) is 9.24. The average molecular weight is 500 g/mol. The number of carbonyl (C=O) groups is 3. The van der Waals surface area contributed by atoms with Crippen LogP contribution in [0.4, 0.5) is 25.4 Å². The molecule has 192 valence electrons. The molecule has 1 aliphatic carbocycles. The van der Waals surface area contributed by atoms with Crippen molar-refractivity contribution in [3.63, 3.8) is 0 Å². The van der Waals surface area contributed by atoms with E-state index in [1.54, 1.807) is 11.0 Å². The van der Waals surface area contributed by atoms with Crippen LogP contribution in [0.25, 0.3) is 0 Å². The standard InChI is InChI=1S/C26H30FN3O6/c1-35-23-13-19(27)12-21(14-23)29-25(33)28-20-5-4-18-15-30(9-8-17(18)11-20)26(34)36-22-6-2-16(3-7-22)10-24(31)32/h4-5,11-14,16,22H,2-3,6-10,15H2,1H3,(H,31,32)(H2,28,29,33)/t16-,22-. The van der Waals surface area contributed by atoms with Gasteiger partial charge in [0, 0.05) is 43.0 Å². The van der Waals surface area contributed by atoms with Crippen LogP contribution in [0.2, 0.25) is 0 Å². The first-order valence-electron chi connectivity index (χ1n) is 12.0. The lowest BCUT2D eigenvalue weighted by molar-refractivity contribution is -0.138. The van der Waals surface area contributed by atoms with E-state index in [2.05, 4.69) is 10.6 Å². The van der Waals surface area contributed by atoms with Crippen molar-refractivity contribution in [2.24, 2.45) is 5.92 Å². The van der Waals surface area contributed by atoms with Crippen molar-refractivity contribution in [3.05, 3.63) is 53.3 Å². The molecule has 0 aromatic heterocycles. The van der Waals surface area contributed by atoms with Gasteiger partial charge < -0.3 is 30.1 Å². The van der Waals surface area contributed by atoms with Gasteiger partial charge in [0.25, 0.3) is 0 Å². The van der Waals surface area contributed by atoms with Gasteiger partial charge >= 0.3 is 18.1 Å². The number of urea groups is 1. The van der Waals surface area contributed by atoms with Gasteiger partial charge in [-0.25, -0.2) is 14.0 Å². The predicted molar refractivity (Wildman–Crippen MR) is 131 cm³/mol. The lowest BCUT2D eigenvalue weighted by atomic mass is 9.85. The van der Waals surface area contributed by atoms with Gasteiger partial charge in [-0.3, -0.25) is 4.79 Å². The van der Waals surface area contributed by atoms with E-state index in [1.807, 2.05) is 12.1 Å². The predicted octanol–water partition coefficient (Wildman–Crippen LogP) is 5.01. The Morgan fingerprint density at radius 1 is 1.03 bits per heavy atom. The molecular formula is C26H30FN3O6. The molecule has 36 heavy (non-hydrogen) atoms. The normalized spacial score (nSPS) is 19.1. The molecule has 2 aliphatic rings. The Labute approximate surface area is 208 Å². The maximum Gasteiger partial charge on any atom is 0.410 e. The zero-order chi connectivity index (χ0) is 25.7. The van der Waals surface area contributed by atoms with Gasteiger partial charge in [-0.05, 0) is 67.3 Å². The molecule has 0 saturated heterocycles. The van der Waals surface area contributed by atoms with Crippen LogP contribution in [-0.2, 0) is 22.5 Å². The largest absolute Gasteiger partial charge is 0.497 e. The van der Waals surface area contributed by atoms with Gasteiger partial charge in [-0.1, -0.05) is 6.07 Å². The van der Waals surface area contributed by atoms with Gasteiger partial charge in [-0.2, -0.15) is 0 Å². The maximum atomic E-state index is 13.6. The second kappa shape index (κ2) is 11.3. The smallest absolute Gasteiger partial charge is 0.410 e. The Morgan fingerprint density at radius 2 is 1.78 bits per heavy atom. The summed E-state index contributed by atoms with van der Waals surface area (Å²) in [5.41, 5.74) is 2.86. The lowest BCUT2D eigenvalue weighted by Crippen LogP contribution is -2.39. The number of carboxylic acid groups (broad SMARTS) is 1. The summed E-state index contributed by atoms with van der Waals surface area (Å²) in [4.78, 5) is 37.6. The number of methoxy groups -OCH3 is 1. The van der Waals surface area contributed by atoms with Gasteiger partial charge in [-0.15, -0.1) is 0 Å². The number of nitrogens with one attached hydrogen (secondary N) is 2. The van der Waals surface area contributed by atoms with Crippen LogP contribution in [0.1, 0.15) is 43.2 Å². The summed E-state index contributed by atoms with van der Waals surface area (Å²) in [6.45, 7) is 0.914. The Hall–Kier alpha value is -3.82. The zero-order valence-electron chi connectivity index (χ0n) is 20.1. The van der Waals surface area contributed by atoms with Gasteiger partial charge in [0.15, 0.2) is 0 Å². The number of halogens is 1. The average Bonchev–Trinajstić information content (AvgIpc) is 2.84. The summed E-state index contributed by atoms with van der Waals surface area (Å²) in [5, 5.41) is 14.3. The summed E-state index contributed by atoms with van der Waals surface area (Å²) in [6.07, 6.45) is 3.14. The fourth-order valence-electron chi connectivity index (χ4n) is 4.75. The van der Waals surface area contributed by atoms with Crippen molar-refractivity contribution in [1.29, 1.82) is 0 Å². The first-order chi connectivity index (χ1) is 17.3. The number of aliphatic carboxylic acids is 1. The van der Waals surface area contributed by atoms with Crippen molar-refractivity contribution in [1.82, 2.24) is 4.90 Å². The zero-order valence-corrected chi connectivity index (χ0v) is 20.1. The van der Waals surface area contributed by atoms with Crippen LogP contribution >= 0.6 is 0 Å². The molecule has 2 aromatic rings. The summed E-state index contributed by atoms with van der Waals surface area (Å²) in [6, 6.07) is 8.92.